The molecule has 2 aliphatic heterocycles. The highest BCUT2D eigenvalue weighted by Crippen LogP contribution is 2.34. The van der Waals surface area contributed by atoms with Gasteiger partial charge in [-0.05, 0) is 12.1 Å². The molecule has 2 amide bonds. The minimum atomic E-state index is -0.0888. The second kappa shape index (κ2) is 8.33. The van der Waals surface area contributed by atoms with E-state index in [0.717, 1.165) is 35.9 Å². The predicted molar refractivity (Wildman–Crippen MR) is 116 cm³/mol. The van der Waals surface area contributed by atoms with Gasteiger partial charge in [0.25, 0.3) is 0 Å². The molecule has 0 radical (unpaired) electrons. The van der Waals surface area contributed by atoms with E-state index in [-0.39, 0.29) is 12.8 Å². The first kappa shape index (κ1) is 18.9. The van der Waals surface area contributed by atoms with Crippen molar-refractivity contribution in [2.75, 3.05) is 38.3 Å². The number of amides is 2. The summed E-state index contributed by atoms with van der Waals surface area (Å²) in [5.74, 6) is 1.37. The van der Waals surface area contributed by atoms with Crippen molar-refractivity contribution in [1.29, 1.82) is 0 Å². The van der Waals surface area contributed by atoms with Gasteiger partial charge in [-0.3, -0.25) is 4.90 Å². The molecule has 0 aliphatic carbocycles. The van der Waals surface area contributed by atoms with Crippen LogP contribution in [0.15, 0.2) is 53.9 Å². The van der Waals surface area contributed by atoms with Crippen LogP contribution in [0.3, 0.4) is 0 Å². The van der Waals surface area contributed by atoms with E-state index in [2.05, 4.69) is 27.7 Å². The Hall–Kier alpha value is -3.10. The van der Waals surface area contributed by atoms with Gasteiger partial charge in [0.2, 0.25) is 6.79 Å². The molecule has 3 aromatic rings. The number of carbonyl (C=O) groups is 1. The molecule has 3 heterocycles. The zero-order chi connectivity index (χ0) is 20.3. The molecule has 1 saturated heterocycles. The molecule has 0 unspecified atom stereocenters. The summed E-state index contributed by atoms with van der Waals surface area (Å²) in [6.45, 7) is 4.07. The fourth-order valence-corrected chi connectivity index (χ4v) is 4.45. The number of benzene rings is 2. The van der Waals surface area contributed by atoms with Gasteiger partial charge in [0.1, 0.15) is 5.01 Å². The maximum absolute atomic E-state index is 12.6. The Kier molecular flexibility index (Phi) is 5.25. The van der Waals surface area contributed by atoms with Crippen molar-refractivity contribution < 1.29 is 14.3 Å². The number of fused-ring (bicyclic) bond motifs is 1. The van der Waals surface area contributed by atoms with Gasteiger partial charge in [-0.2, -0.15) is 0 Å². The Bertz CT molecular complexity index is 1030. The molecule has 0 atom stereocenters. The van der Waals surface area contributed by atoms with E-state index in [1.54, 1.807) is 17.4 Å². The quantitative estimate of drug-likeness (QED) is 0.691. The average molecular weight is 423 g/mol. The molecule has 7 nitrogen and oxygen atoms in total. The Morgan fingerprint density at radius 3 is 2.67 bits per heavy atom. The zero-order valence-electron chi connectivity index (χ0n) is 16.4. The van der Waals surface area contributed by atoms with Crippen LogP contribution in [-0.2, 0) is 6.54 Å². The van der Waals surface area contributed by atoms with E-state index in [1.807, 2.05) is 35.2 Å². The van der Waals surface area contributed by atoms with Gasteiger partial charge in [0, 0.05) is 48.9 Å². The number of hydrogen-bond donors (Lipinski definition) is 1. The van der Waals surface area contributed by atoms with E-state index < -0.39 is 0 Å². The molecular weight excluding hydrogens is 400 g/mol. The van der Waals surface area contributed by atoms with Gasteiger partial charge >= 0.3 is 6.03 Å². The Labute approximate surface area is 178 Å². The smallest absolute Gasteiger partial charge is 0.321 e. The van der Waals surface area contributed by atoms with E-state index in [9.17, 15) is 4.79 Å². The number of nitrogens with zero attached hydrogens (tertiary/aromatic N) is 3. The summed E-state index contributed by atoms with van der Waals surface area (Å²) in [6, 6.07) is 15.6. The third kappa shape index (κ3) is 4.10. The van der Waals surface area contributed by atoms with Crippen LogP contribution in [0.25, 0.3) is 11.3 Å². The molecule has 0 bridgehead atoms. The van der Waals surface area contributed by atoms with Crippen molar-refractivity contribution in [3.05, 3.63) is 58.9 Å². The Balaban J connectivity index is 1.13. The van der Waals surface area contributed by atoms with Crippen LogP contribution in [0.4, 0.5) is 10.5 Å². The van der Waals surface area contributed by atoms with Crippen LogP contribution < -0.4 is 14.8 Å². The van der Waals surface area contributed by atoms with Gasteiger partial charge in [0.05, 0.1) is 12.2 Å². The second-order valence-electron chi connectivity index (χ2n) is 7.25. The number of nitrogens with one attached hydrogen (secondary N) is 1. The lowest BCUT2D eigenvalue weighted by Crippen LogP contribution is -2.49. The van der Waals surface area contributed by atoms with Crippen LogP contribution >= 0.6 is 11.3 Å². The molecule has 1 aromatic heterocycles. The summed E-state index contributed by atoms with van der Waals surface area (Å²) < 4.78 is 10.7. The minimum Gasteiger partial charge on any atom is -0.454 e. The van der Waals surface area contributed by atoms with Crippen molar-refractivity contribution in [2.45, 2.75) is 6.54 Å². The number of carbonyl (C=O) groups excluding carboxylic acids is 1. The van der Waals surface area contributed by atoms with E-state index in [1.165, 1.54) is 0 Å². The summed E-state index contributed by atoms with van der Waals surface area (Å²) in [4.78, 5) is 21.6. The van der Waals surface area contributed by atoms with Crippen LogP contribution in [0.2, 0.25) is 0 Å². The molecule has 2 aromatic carbocycles. The molecule has 5 rings (SSSR count). The largest absolute Gasteiger partial charge is 0.454 e. The lowest BCUT2D eigenvalue weighted by Gasteiger charge is -2.34. The number of urea groups is 1. The topological polar surface area (TPSA) is 66.9 Å². The van der Waals surface area contributed by atoms with Crippen LogP contribution in [0.5, 0.6) is 11.5 Å². The zero-order valence-corrected chi connectivity index (χ0v) is 17.2. The Morgan fingerprint density at radius 1 is 1.03 bits per heavy atom. The molecule has 1 N–H and O–H groups in total. The highest BCUT2D eigenvalue weighted by atomic mass is 32.1. The van der Waals surface area contributed by atoms with Crippen LogP contribution in [0.1, 0.15) is 5.01 Å². The van der Waals surface area contributed by atoms with Gasteiger partial charge in [-0.15, -0.1) is 11.3 Å². The first-order chi connectivity index (χ1) is 14.7. The first-order valence-corrected chi connectivity index (χ1v) is 10.8. The lowest BCUT2D eigenvalue weighted by molar-refractivity contribution is 0.143. The fourth-order valence-electron chi connectivity index (χ4n) is 3.60. The number of rotatable bonds is 4. The number of thiazole rings is 1. The highest BCUT2D eigenvalue weighted by molar-refractivity contribution is 7.09. The van der Waals surface area contributed by atoms with Gasteiger partial charge in [-0.25, -0.2) is 9.78 Å². The molecule has 154 valence electrons. The van der Waals surface area contributed by atoms with E-state index >= 15 is 0 Å². The summed E-state index contributed by atoms with van der Waals surface area (Å²) in [5, 5.41) is 6.16. The summed E-state index contributed by atoms with van der Waals surface area (Å²) in [6.07, 6.45) is 0. The fraction of sp³-hybridized carbons (Fsp3) is 0.273. The lowest BCUT2D eigenvalue weighted by atomic mass is 10.2. The Morgan fingerprint density at radius 2 is 1.83 bits per heavy atom. The highest BCUT2D eigenvalue weighted by Gasteiger charge is 2.22. The van der Waals surface area contributed by atoms with Gasteiger partial charge < -0.3 is 19.7 Å². The number of ether oxygens (including phenoxy) is 2. The van der Waals surface area contributed by atoms with E-state index in [4.69, 9.17) is 14.5 Å². The second-order valence-corrected chi connectivity index (χ2v) is 8.20. The third-order valence-corrected chi connectivity index (χ3v) is 6.10. The summed E-state index contributed by atoms with van der Waals surface area (Å²) in [5.41, 5.74) is 2.88. The molecule has 1 fully saturated rings. The summed E-state index contributed by atoms with van der Waals surface area (Å²) in [7, 11) is 0. The summed E-state index contributed by atoms with van der Waals surface area (Å²) >= 11 is 1.69. The predicted octanol–water partition coefficient (Wildman–Crippen LogP) is 3.89. The van der Waals surface area contributed by atoms with Crippen molar-refractivity contribution in [3.8, 4) is 22.8 Å². The van der Waals surface area contributed by atoms with Crippen molar-refractivity contribution in [1.82, 2.24) is 14.8 Å². The van der Waals surface area contributed by atoms with Crippen molar-refractivity contribution in [2.24, 2.45) is 0 Å². The normalized spacial score (nSPS) is 15.9. The number of piperazine rings is 1. The third-order valence-electron chi connectivity index (χ3n) is 5.26. The first-order valence-electron chi connectivity index (χ1n) is 9.92. The maximum atomic E-state index is 12.6. The van der Waals surface area contributed by atoms with Crippen LogP contribution in [-0.4, -0.2) is 53.8 Å². The number of hydrogen-bond acceptors (Lipinski definition) is 6. The molecule has 0 spiro atoms. The van der Waals surface area contributed by atoms with Crippen molar-refractivity contribution >= 4 is 23.1 Å². The van der Waals surface area contributed by atoms with E-state index in [0.29, 0.717) is 30.3 Å². The monoisotopic (exact) mass is 422 g/mol. The number of aromatic nitrogens is 1. The average Bonchev–Trinajstić information content (AvgIpc) is 3.44. The van der Waals surface area contributed by atoms with Gasteiger partial charge in [0.15, 0.2) is 11.5 Å². The van der Waals surface area contributed by atoms with Crippen LogP contribution in [0, 0.1) is 0 Å². The minimum absolute atomic E-state index is 0.0888. The standard InChI is InChI=1S/C22H22N4O3S/c27-22(23-17-6-7-19-20(12-17)29-15-28-19)26-10-8-25(9-11-26)13-21-24-18(14-30-21)16-4-2-1-3-5-16/h1-7,12,14H,8-11,13,15H2,(H,23,27). The maximum Gasteiger partial charge on any atom is 0.321 e. The molecule has 0 saturated carbocycles. The molecule has 30 heavy (non-hydrogen) atoms. The molecule has 2 aliphatic rings. The van der Waals surface area contributed by atoms with Crippen molar-refractivity contribution in [3.63, 3.8) is 0 Å². The molecule has 8 heteroatoms. The SMILES string of the molecule is O=C(Nc1ccc2c(c1)OCO2)N1CCN(Cc2nc(-c3ccccc3)cs2)CC1. The van der Waals surface area contributed by atoms with Gasteiger partial charge in [-0.1, -0.05) is 30.3 Å². The molecular formula is C22H22N4O3S. The number of anilines is 1.